The van der Waals surface area contributed by atoms with Gasteiger partial charge in [-0.3, -0.25) is 0 Å². The van der Waals surface area contributed by atoms with E-state index in [1.807, 2.05) is 0 Å². The molecule has 0 unspecified atom stereocenters. The summed E-state index contributed by atoms with van der Waals surface area (Å²) in [5.74, 6) is -0.247. The lowest BCUT2D eigenvalue weighted by Gasteiger charge is -2.09. The highest BCUT2D eigenvalue weighted by atomic mass is 35.5. The van der Waals surface area contributed by atoms with Gasteiger partial charge in [0.05, 0.1) is 11.4 Å². The van der Waals surface area contributed by atoms with Crippen LogP contribution in [-0.2, 0) is 5.88 Å². The third-order valence-electron chi connectivity index (χ3n) is 1.73. The van der Waals surface area contributed by atoms with Crippen molar-refractivity contribution in [3.63, 3.8) is 0 Å². The van der Waals surface area contributed by atoms with Crippen molar-refractivity contribution in [1.29, 1.82) is 5.26 Å². The van der Waals surface area contributed by atoms with Gasteiger partial charge in [0.15, 0.2) is 0 Å². The molecule has 0 bridgehead atoms. The van der Waals surface area contributed by atoms with E-state index in [0.717, 1.165) is 6.20 Å². The van der Waals surface area contributed by atoms with Gasteiger partial charge in [-0.2, -0.15) is 5.26 Å². The molecule has 3 nitrogen and oxygen atoms in total. The predicted octanol–water partition coefficient (Wildman–Crippen LogP) is 2.21. The largest absolute Gasteiger partial charge is 0.383 e. The summed E-state index contributed by atoms with van der Waals surface area (Å²) in [6.07, 6.45) is -1.75. The van der Waals surface area contributed by atoms with Crippen molar-refractivity contribution in [2.75, 3.05) is 5.73 Å². The lowest BCUT2D eigenvalue weighted by molar-refractivity contribution is 0.150. The fourth-order valence-corrected chi connectivity index (χ4v) is 1.34. The molecule has 0 saturated carbocycles. The van der Waals surface area contributed by atoms with Crippen LogP contribution in [0.1, 0.15) is 23.1 Å². The third-order valence-corrected chi connectivity index (χ3v) is 2.00. The van der Waals surface area contributed by atoms with E-state index in [4.69, 9.17) is 22.6 Å². The zero-order chi connectivity index (χ0) is 10.7. The number of hydrogen-bond donors (Lipinski definition) is 1. The Morgan fingerprint density at radius 3 is 2.71 bits per heavy atom. The average molecular weight is 218 g/mol. The number of hydrogen-bond acceptors (Lipinski definition) is 3. The molecule has 2 N–H and O–H groups in total. The van der Waals surface area contributed by atoms with Crippen LogP contribution in [0.2, 0.25) is 0 Å². The summed E-state index contributed by atoms with van der Waals surface area (Å²) in [6.45, 7) is 0. The molecule has 0 fully saturated rings. The van der Waals surface area contributed by atoms with Gasteiger partial charge in [-0.15, -0.1) is 11.6 Å². The van der Waals surface area contributed by atoms with E-state index >= 15 is 0 Å². The van der Waals surface area contributed by atoms with Crippen molar-refractivity contribution in [2.24, 2.45) is 0 Å². The summed E-state index contributed by atoms with van der Waals surface area (Å²) in [7, 11) is 0. The molecule has 0 amide bonds. The van der Waals surface area contributed by atoms with E-state index in [1.54, 1.807) is 6.07 Å². The molecule has 0 aromatic carbocycles. The van der Waals surface area contributed by atoms with Gasteiger partial charge in [-0.05, 0) is 0 Å². The van der Waals surface area contributed by atoms with Gasteiger partial charge in [0.1, 0.15) is 11.9 Å². The molecule has 1 rings (SSSR count). The summed E-state index contributed by atoms with van der Waals surface area (Å²) >= 11 is 5.45. The predicted molar refractivity (Wildman–Crippen MR) is 47.9 cm³/mol. The van der Waals surface area contributed by atoms with Gasteiger partial charge in [0.25, 0.3) is 6.43 Å². The fourth-order valence-electron chi connectivity index (χ4n) is 1.06. The minimum absolute atomic E-state index is 0.0284. The van der Waals surface area contributed by atoms with Crippen LogP contribution >= 0.6 is 11.6 Å². The Kier molecular flexibility index (Phi) is 3.20. The lowest BCUT2D eigenvalue weighted by Crippen LogP contribution is -2.04. The van der Waals surface area contributed by atoms with Crippen molar-refractivity contribution in [1.82, 2.24) is 4.98 Å². The molecular formula is C8H6ClF2N3. The van der Waals surface area contributed by atoms with Crippen molar-refractivity contribution >= 4 is 17.4 Å². The van der Waals surface area contributed by atoms with Crippen LogP contribution in [-0.4, -0.2) is 4.98 Å². The molecule has 0 atom stereocenters. The molecule has 1 heterocycles. The third kappa shape index (κ3) is 1.75. The number of nitrogen functional groups attached to an aromatic ring is 1. The summed E-state index contributed by atoms with van der Waals surface area (Å²) in [5, 5.41) is 8.57. The first kappa shape index (κ1) is 10.7. The Morgan fingerprint density at radius 2 is 2.29 bits per heavy atom. The first-order valence-corrected chi connectivity index (χ1v) is 4.16. The van der Waals surface area contributed by atoms with Crippen LogP contribution in [0.25, 0.3) is 0 Å². The van der Waals surface area contributed by atoms with Crippen LogP contribution in [0.4, 0.5) is 14.6 Å². The van der Waals surface area contributed by atoms with Crippen LogP contribution in [0.3, 0.4) is 0 Å². The van der Waals surface area contributed by atoms with Crippen LogP contribution in [0, 0.1) is 11.3 Å². The number of nitrogens with two attached hydrogens (primary N) is 1. The minimum Gasteiger partial charge on any atom is -0.383 e. The molecule has 0 saturated heterocycles. The molecule has 1 aromatic heterocycles. The number of aromatic nitrogens is 1. The topological polar surface area (TPSA) is 62.7 Å². The van der Waals surface area contributed by atoms with Gasteiger partial charge in [0, 0.05) is 17.3 Å². The van der Waals surface area contributed by atoms with E-state index in [-0.39, 0.29) is 22.8 Å². The maximum absolute atomic E-state index is 12.5. The number of nitriles is 1. The molecule has 0 aliphatic carbocycles. The molecular weight excluding hydrogens is 212 g/mol. The maximum atomic E-state index is 12.5. The molecule has 0 radical (unpaired) electrons. The molecule has 0 aliphatic heterocycles. The molecule has 1 aromatic rings. The zero-order valence-electron chi connectivity index (χ0n) is 6.97. The highest BCUT2D eigenvalue weighted by Gasteiger charge is 2.20. The fraction of sp³-hybridized carbons (Fsp3) is 0.250. The van der Waals surface area contributed by atoms with E-state index < -0.39 is 12.0 Å². The SMILES string of the molecule is N#Cc1cnc(N)c(CCl)c1C(F)F. The second-order valence-electron chi connectivity index (χ2n) is 2.50. The Balaban J connectivity index is 3.46. The van der Waals surface area contributed by atoms with Gasteiger partial charge in [-0.25, -0.2) is 13.8 Å². The number of rotatable bonds is 2. The Hall–Kier alpha value is -1.41. The Bertz CT molecular complexity index is 387. The summed E-state index contributed by atoms with van der Waals surface area (Å²) < 4.78 is 25.1. The monoisotopic (exact) mass is 217 g/mol. The van der Waals surface area contributed by atoms with Crippen molar-refractivity contribution in [3.8, 4) is 6.07 Å². The molecule has 0 aliphatic rings. The Morgan fingerprint density at radius 1 is 1.64 bits per heavy atom. The number of pyridine rings is 1. The molecule has 14 heavy (non-hydrogen) atoms. The minimum atomic E-state index is -2.77. The average Bonchev–Trinajstić information content (AvgIpc) is 2.17. The molecule has 74 valence electrons. The first-order chi connectivity index (χ1) is 6.61. The summed E-state index contributed by atoms with van der Waals surface area (Å²) in [6, 6.07) is 1.62. The molecule has 0 spiro atoms. The van der Waals surface area contributed by atoms with Gasteiger partial charge in [-0.1, -0.05) is 0 Å². The van der Waals surface area contributed by atoms with Crippen molar-refractivity contribution in [2.45, 2.75) is 12.3 Å². The maximum Gasteiger partial charge on any atom is 0.265 e. The smallest absolute Gasteiger partial charge is 0.265 e. The molecule has 6 heteroatoms. The summed E-state index contributed by atoms with van der Waals surface area (Å²) in [5.41, 5.74) is 4.77. The van der Waals surface area contributed by atoms with E-state index in [9.17, 15) is 8.78 Å². The van der Waals surface area contributed by atoms with Crippen LogP contribution < -0.4 is 5.73 Å². The van der Waals surface area contributed by atoms with E-state index in [0.29, 0.717) is 0 Å². The quantitative estimate of drug-likeness (QED) is 0.773. The number of alkyl halides is 3. The number of anilines is 1. The first-order valence-electron chi connectivity index (χ1n) is 3.63. The second-order valence-corrected chi connectivity index (χ2v) is 2.76. The van der Waals surface area contributed by atoms with Crippen LogP contribution in [0.5, 0.6) is 0 Å². The number of halogens is 3. The highest BCUT2D eigenvalue weighted by molar-refractivity contribution is 6.17. The zero-order valence-corrected chi connectivity index (χ0v) is 7.72. The van der Waals surface area contributed by atoms with Crippen molar-refractivity contribution in [3.05, 3.63) is 22.9 Å². The van der Waals surface area contributed by atoms with Gasteiger partial charge < -0.3 is 5.73 Å². The lowest BCUT2D eigenvalue weighted by atomic mass is 10.1. The standard InChI is InChI=1S/C8H6ClF2N3/c9-1-5-6(7(10)11)4(2-12)3-14-8(5)13/h3,7H,1H2,(H2,13,14). The number of nitrogens with zero attached hydrogens (tertiary/aromatic N) is 2. The summed E-state index contributed by atoms with van der Waals surface area (Å²) in [4.78, 5) is 3.60. The Labute approximate surface area is 84.1 Å². The van der Waals surface area contributed by atoms with Crippen LogP contribution in [0.15, 0.2) is 6.20 Å². The van der Waals surface area contributed by atoms with Gasteiger partial charge in [0.2, 0.25) is 0 Å². The van der Waals surface area contributed by atoms with Gasteiger partial charge >= 0.3 is 0 Å². The second kappa shape index (κ2) is 4.20. The van der Waals surface area contributed by atoms with Crippen molar-refractivity contribution < 1.29 is 8.78 Å². The van der Waals surface area contributed by atoms with E-state index in [2.05, 4.69) is 4.98 Å². The highest BCUT2D eigenvalue weighted by Crippen LogP contribution is 2.29. The van der Waals surface area contributed by atoms with E-state index in [1.165, 1.54) is 0 Å². The normalized spacial score (nSPS) is 10.2.